The van der Waals surface area contributed by atoms with Crippen molar-refractivity contribution in [1.82, 2.24) is 4.98 Å². The van der Waals surface area contributed by atoms with Crippen LogP contribution < -0.4 is 0 Å². The van der Waals surface area contributed by atoms with Gasteiger partial charge in [-0.3, -0.25) is 4.21 Å². The second kappa shape index (κ2) is 2.36. The van der Waals surface area contributed by atoms with Crippen LogP contribution >= 0.6 is 11.3 Å². The highest BCUT2D eigenvalue weighted by Gasteiger charge is 2.03. The van der Waals surface area contributed by atoms with Gasteiger partial charge >= 0.3 is 0 Å². The molecule has 2 nitrogen and oxygen atoms in total. The molecule has 0 aliphatic carbocycles. The second-order valence-corrected chi connectivity index (χ2v) is 6.15. The largest absolute Gasteiger partial charge is 0.263 e. The van der Waals surface area contributed by atoms with Crippen LogP contribution in [0.2, 0.25) is 0 Å². The normalized spacial score (nSPS) is 16.6. The van der Waals surface area contributed by atoms with Crippen LogP contribution in [0.3, 0.4) is 0 Å². The van der Waals surface area contributed by atoms with Gasteiger partial charge < -0.3 is 0 Å². The molecule has 1 aromatic rings. The Morgan fingerprint density at radius 1 is 1.80 bits per heavy atom. The average molecular weight is 175 g/mol. The van der Waals surface area contributed by atoms with Gasteiger partial charge in [0.25, 0.3) is 0 Å². The van der Waals surface area contributed by atoms with Crippen molar-refractivity contribution >= 4 is 26.7 Å². The molecular weight excluding hydrogens is 166 g/mol. The quantitative estimate of drug-likeness (QED) is 0.599. The zero-order valence-corrected chi connectivity index (χ0v) is 7.59. The Hall–Kier alpha value is -0.350. The summed E-state index contributed by atoms with van der Waals surface area (Å²) in [6.07, 6.45) is 3.26. The highest BCUT2D eigenvalue weighted by molar-refractivity contribution is 8.01. The molecule has 0 N–H and O–H groups in total. The Morgan fingerprint density at radius 3 is 2.60 bits per heavy atom. The van der Waals surface area contributed by atoms with Crippen LogP contribution in [0.5, 0.6) is 0 Å². The van der Waals surface area contributed by atoms with E-state index in [2.05, 4.69) is 10.9 Å². The maximum absolute atomic E-state index is 11.3. The van der Waals surface area contributed by atoms with Crippen molar-refractivity contribution in [1.29, 1.82) is 0 Å². The first-order valence-electron chi connectivity index (χ1n) is 2.75. The molecule has 0 saturated heterocycles. The monoisotopic (exact) mass is 175 g/mol. The number of rotatable bonds is 1. The lowest BCUT2D eigenvalue weighted by Crippen LogP contribution is -1.91. The SMILES string of the molecule is C=S(C)(=O)c1cnc(C)s1. The van der Waals surface area contributed by atoms with Crippen LogP contribution in [0, 0.1) is 6.92 Å². The van der Waals surface area contributed by atoms with E-state index in [4.69, 9.17) is 0 Å². The molecule has 0 radical (unpaired) electrons. The molecule has 0 amide bonds. The van der Waals surface area contributed by atoms with E-state index < -0.39 is 9.52 Å². The van der Waals surface area contributed by atoms with E-state index in [1.807, 2.05) is 6.92 Å². The summed E-state index contributed by atoms with van der Waals surface area (Å²) in [6, 6.07) is 0. The molecule has 4 heteroatoms. The predicted octanol–water partition coefficient (Wildman–Crippen LogP) is 1.16. The average Bonchev–Trinajstić information content (AvgIpc) is 2.11. The number of nitrogens with zero attached hydrogens (tertiary/aromatic N) is 1. The number of aryl methyl sites for hydroxylation is 1. The summed E-state index contributed by atoms with van der Waals surface area (Å²) in [6.45, 7) is 1.89. The van der Waals surface area contributed by atoms with Gasteiger partial charge in [-0.25, -0.2) is 4.98 Å². The van der Waals surface area contributed by atoms with Gasteiger partial charge in [-0.1, -0.05) is 0 Å². The topological polar surface area (TPSA) is 30.0 Å². The lowest BCUT2D eigenvalue weighted by Gasteiger charge is -1.92. The summed E-state index contributed by atoms with van der Waals surface area (Å²) >= 11 is 1.45. The maximum atomic E-state index is 11.3. The first-order chi connectivity index (χ1) is 4.50. The minimum absolute atomic E-state index is 0.782. The summed E-state index contributed by atoms with van der Waals surface area (Å²) in [5.74, 6) is 3.55. The Kier molecular flexibility index (Phi) is 1.83. The Balaban J connectivity index is 3.21. The number of thiazole rings is 1. The maximum Gasteiger partial charge on any atom is 0.103 e. The summed E-state index contributed by atoms with van der Waals surface area (Å²) in [5.41, 5.74) is 0. The number of hydrogen-bond acceptors (Lipinski definition) is 3. The standard InChI is InChI=1S/C6H9NOS2/c1-5-7-4-6(9-5)10(2,3)8/h4H,2H2,1,3H3. The zero-order chi connectivity index (χ0) is 7.78. The second-order valence-electron chi connectivity index (χ2n) is 2.20. The molecule has 0 aliphatic rings. The van der Waals surface area contributed by atoms with Gasteiger partial charge in [0.2, 0.25) is 0 Å². The van der Waals surface area contributed by atoms with Crippen LogP contribution in [0.15, 0.2) is 10.4 Å². The molecule has 1 atom stereocenters. The molecule has 1 aromatic heterocycles. The van der Waals surface area contributed by atoms with Crippen LogP contribution in [0.1, 0.15) is 5.01 Å². The zero-order valence-electron chi connectivity index (χ0n) is 5.96. The Labute approximate surface area is 64.9 Å². The molecular formula is C6H9NOS2. The molecule has 10 heavy (non-hydrogen) atoms. The first-order valence-corrected chi connectivity index (χ1v) is 5.70. The fourth-order valence-corrected chi connectivity index (χ4v) is 2.39. The van der Waals surface area contributed by atoms with Crippen LogP contribution in [-0.2, 0) is 9.52 Å². The van der Waals surface area contributed by atoms with Gasteiger partial charge in [0.15, 0.2) is 0 Å². The molecule has 56 valence electrons. The van der Waals surface area contributed by atoms with Crippen LogP contribution in [0.4, 0.5) is 0 Å². The van der Waals surface area contributed by atoms with E-state index in [0.29, 0.717) is 0 Å². The van der Waals surface area contributed by atoms with E-state index in [9.17, 15) is 4.21 Å². The van der Waals surface area contributed by atoms with Crippen molar-refractivity contribution in [2.75, 3.05) is 6.26 Å². The third-order valence-electron chi connectivity index (χ3n) is 1.03. The third kappa shape index (κ3) is 1.58. The van der Waals surface area contributed by atoms with E-state index in [-0.39, 0.29) is 0 Å². The van der Waals surface area contributed by atoms with Gasteiger partial charge in [0.05, 0.1) is 11.2 Å². The van der Waals surface area contributed by atoms with Crippen molar-refractivity contribution in [3.63, 3.8) is 0 Å². The Bertz CT molecular complexity index is 323. The van der Waals surface area contributed by atoms with Crippen LogP contribution in [-0.4, -0.2) is 21.3 Å². The third-order valence-corrected chi connectivity index (χ3v) is 4.00. The van der Waals surface area contributed by atoms with E-state index in [1.165, 1.54) is 11.3 Å². The van der Waals surface area contributed by atoms with Gasteiger partial charge in [-0.15, -0.1) is 11.3 Å². The summed E-state index contributed by atoms with van der Waals surface area (Å²) in [5, 5.41) is 0.938. The van der Waals surface area contributed by atoms with Crippen molar-refractivity contribution in [3.8, 4) is 0 Å². The van der Waals surface area contributed by atoms with Gasteiger partial charge in [-0.05, 0) is 12.8 Å². The van der Waals surface area contributed by atoms with Gasteiger partial charge in [0, 0.05) is 15.8 Å². The molecule has 0 aromatic carbocycles. The molecule has 0 bridgehead atoms. The molecule has 0 spiro atoms. The van der Waals surface area contributed by atoms with Crippen molar-refractivity contribution < 1.29 is 4.21 Å². The lowest BCUT2D eigenvalue weighted by molar-refractivity contribution is 0.686. The number of aromatic nitrogens is 1. The van der Waals surface area contributed by atoms with E-state index in [1.54, 1.807) is 12.5 Å². The summed E-state index contributed by atoms with van der Waals surface area (Å²) in [4.78, 5) is 3.98. The van der Waals surface area contributed by atoms with E-state index >= 15 is 0 Å². The van der Waals surface area contributed by atoms with Gasteiger partial charge in [0.1, 0.15) is 4.21 Å². The predicted molar refractivity (Wildman–Crippen MR) is 46.3 cm³/mol. The molecule has 0 fully saturated rings. The molecule has 1 unspecified atom stereocenters. The van der Waals surface area contributed by atoms with E-state index in [0.717, 1.165) is 9.22 Å². The minimum atomic E-state index is -2.03. The summed E-state index contributed by atoms with van der Waals surface area (Å²) in [7, 11) is -2.03. The molecule has 0 saturated carbocycles. The highest BCUT2D eigenvalue weighted by Crippen LogP contribution is 2.16. The molecule has 0 aliphatic heterocycles. The smallest absolute Gasteiger partial charge is 0.103 e. The fraction of sp³-hybridized carbons (Fsp3) is 0.333. The minimum Gasteiger partial charge on any atom is -0.263 e. The molecule has 1 rings (SSSR count). The lowest BCUT2D eigenvalue weighted by atomic mass is 10.8. The number of hydrogen-bond donors (Lipinski definition) is 0. The Morgan fingerprint density at radius 2 is 2.40 bits per heavy atom. The molecule has 1 heterocycles. The van der Waals surface area contributed by atoms with Crippen molar-refractivity contribution in [2.24, 2.45) is 0 Å². The summed E-state index contributed by atoms with van der Waals surface area (Å²) < 4.78 is 12.0. The van der Waals surface area contributed by atoms with Gasteiger partial charge in [-0.2, -0.15) is 0 Å². The van der Waals surface area contributed by atoms with Crippen LogP contribution in [0.25, 0.3) is 0 Å². The first kappa shape index (κ1) is 7.75. The van der Waals surface area contributed by atoms with Crippen molar-refractivity contribution in [3.05, 3.63) is 11.2 Å². The van der Waals surface area contributed by atoms with Crippen molar-refractivity contribution in [2.45, 2.75) is 11.1 Å². The highest BCUT2D eigenvalue weighted by atomic mass is 32.2. The fourth-order valence-electron chi connectivity index (χ4n) is 0.542.